The Morgan fingerprint density at radius 3 is 2.67 bits per heavy atom. The number of amides is 1. The molecule has 6 nitrogen and oxygen atoms in total. The number of hydrogen-bond acceptors (Lipinski definition) is 4. The molecule has 0 aliphatic rings. The van der Waals surface area contributed by atoms with Crippen molar-refractivity contribution in [1.82, 2.24) is 4.90 Å². The van der Waals surface area contributed by atoms with Crippen LogP contribution < -0.4 is 5.32 Å². The van der Waals surface area contributed by atoms with E-state index in [1.54, 1.807) is 0 Å². The summed E-state index contributed by atoms with van der Waals surface area (Å²) in [6, 6.07) is 4.17. The summed E-state index contributed by atoms with van der Waals surface area (Å²) in [7, 11) is 0. The fraction of sp³-hybridized carbons (Fsp3) is 0.357. The van der Waals surface area contributed by atoms with Gasteiger partial charge in [-0.3, -0.25) is 19.8 Å². The number of carbonyl (C=O) groups excluding carboxylic acids is 1. The number of carbonyl (C=O) groups is 1. The van der Waals surface area contributed by atoms with Crippen LogP contribution in [0.1, 0.15) is 13.8 Å². The highest BCUT2D eigenvalue weighted by molar-refractivity contribution is 6.32. The number of halogens is 1. The molecule has 1 aromatic rings. The first-order valence-electron chi connectivity index (χ1n) is 6.44. The lowest BCUT2D eigenvalue weighted by Crippen LogP contribution is -2.34. The third-order valence-electron chi connectivity index (χ3n) is 2.73. The highest BCUT2D eigenvalue weighted by atomic mass is 35.5. The maximum absolute atomic E-state index is 11.9. The summed E-state index contributed by atoms with van der Waals surface area (Å²) in [5.41, 5.74) is 1.08. The van der Waals surface area contributed by atoms with Gasteiger partial charge in [-0.15, -0.1) is 0 Å². The summed E-state index contributed by atoms with van der Waals surface area (Å²) in [6.07, 6.45) is 0. The van der Waals surface area contributed by atoms with Gasteiger partial charge < -0.3 is 5.32 Å². The molecule has 0 atom stereocenters. The minimum absolute atomic E-state index is 0.0375. The molecule has 1 N–H and O–H groups in total. The summed E-state index contributed by atoms with van der Waals surface area (Å²) in [5.74, 6) is -0.241. The Morgan fingerprint density at radius 1 is 1.48 bits per heavy atom. The van der Waals surface area contributed by atoms with Crippen LogP contribution in [0.2, 0.25) is 5.02 Å². The average molecular weight is 312 g/mol. The molecule has 1 amide bonds. The maximum Gasteiger partial charge on any atom is 0.289 e. The number of rotatable bonds is 7. The van der Waals surface area contributed by atoms with E-state index in [0.29, 0.717) is 18.8 Å². The van der Waals surface area contributed by atoms with Gasteiger partial charge in [-0.25, -0.2) is 0 Å². The molecule has 21 heavy (non-hydrogen) atoms. The Balaban J connectivity index is 2.72. The molecule has 0 spiro atoms. The van der Waals surface area contributed by atoms with Gasteiger partial charge in [0.05, 0.1) is 11.5 Å². The first-order chi connectivity index (χ1) is 9.83. The van der Waals surface area contributed by atoms with Gasteiger partial charge >= 0.3 is 0 Å². The molecule has 0 aliphatic heterocycles. The van der Waals surface area contributed by atoms with Crippen molar-refractivity contribution in [3.63, 3.8) is 0 Å². The molecule has 0 saturated heterocycles. The van der Waals surface area contributed by atoms with E-state index in [1.807, 2.05) is 18.7 Å². The molecule has 0 unspecified atom stereocenters. The van der Waals surface area contributed by atoms with Crippen LogP contribution in [0.4, 0.5) is 11.4 Å². The molecule has 0 aliphatic carbocycles. The number of anilines is 1. The quantitative estimate of drug-likeness (QED) is 0.477. The SMILES string of the molecule is C=C(C)CN(CC)CC(=O)Nc1ccc(Cl)c([N+](=O)[O-])c1. The molecule has 1 aromatic carbocycles. The van der Waals surface area contributed by atoms with Gasteiger partial charge in [0.2, 0.25) is 5.91 Å². The van der Waals surface area contributed by atoms with Crippen molar-refractivity contribution in [3.8, 4) is 0 Å². The summed E-state index contributed by atoms with van der Waals surface area (Å²) >= 11 is 5.72. The van der Waals surface area contributed by atoms with Gasteiger partial charge in [-0.1, -0.05) is 30.7 Å². The third kappa shape index (κ3) is 5.53. The van der Waals surface area contributed by atoms with E-state index in [1.165, 1.54) is 18.2 Å². The van der Waals surface area contributed by atoms with Crippen molar-refractivity contribution in [2.45, 2.75) is 13.8 Å². The molecule has 0 saturated carbocycles. The normalized spacial score (nSPS) is 10.5. The maximum atomic E-state index is 11.9. The van der Waals surface area contributed by atoms with E-state index in [0.717, 1.165) is 5.57 Å². The second-order valence-electron chi connectivity index (χ2n) is 4.73. The highest BCUT2D eigenvalue weighted by Gasteiger charge is 2.15. The Labute approximate surface area is 128 Å². The first kappa shape index (κ1) is 17.1. The second-order valence-corrected chi connectivity index (χ2v) is 5.14. The fourth-order valence-electron chi connectivity index (χ4n) is 1.80. The monoisotopic (exact) mass is 311 g/mol. The predicted octanol–water partition coefficient (Wildman–Crippen LogP) is 3.08. The number of nitro groups is 1. The zero-order valence-corrected chi connectivity index (χ0v) is 12.8. The molecule has 0 fully saturated rings. The second kappa shape index (κ2) is 7.75. The van der Waals surface area contributed by atoms with Crippen molar-refractivity contribution < 1.29 is 9.72 Å². The van der Waals surface area contributed by atoms with E-state index in [9.17, 15) is 14.9 Å². The van der Waals surface area contributed by atoms with Crippen molar-refractivity contribution in [2.75, 3.05) is 25.0 Å². The van der Waals surface area contributed by atoms with E-state index >= 15 is 0 Å². The molecule has 7 heteroatoms. The van der Waals surface area contributed by atoms with Crippen LogP contribution in [0.15, 0.2) is 30.4 Å². The Bertz CT molecular complexity index is 560. The molecular weight excluding hydrogens is 294 g/mol. The molecule has 0 radical (unpaired) electrons. The van der Waals surface area contributed by atoms with Crippen LogP contribution in [0.5, 0.6) is 0 Å². The van der Waals surface area contributed by atoms with Crippen LogP contribution in [0, 0.1) is 10.1 Å². The lowest BCUT2D eigenvalue weighted by Gasteiger charge is -2.19. The standard InChI is InChI=1S/C14H18ClN3O3/c1-4-17(8-10(2)3)9-14(19)16-11-5-6-12(15)13(7-11)18(20)21/h5-7H,2,4,8-9H2,1,3H3,(H,16,19). The summed E-state index contributed by atoms with van der Waals surface area (Å²) < 4.78 is 0. The summed E-state index contributed by atoms with van der Waals surface area (Å²) in [5, 5.41) is 13.5. The van der Waals surface area contributed by atoms with E-state index in [2.05, 4.69) is 11.9 Å². The number of benzene rings is 1. The number of nitrogens with zero attached hydrogens (tertiary/aromatic N) is 2. The van der Waals surface area contributed by atoms with Crippen molar-refractivity contribution >= 4 is 28.9 Å². The van der Waals surface area contributed by atoms with Crippen LogP contribution in [-0.4, -0.2) is 35.4 Å². The van der Waals surface area contributed by atoms with Gasteiger partial charge in [0.15, 0.2) is 0 Å². The molecule has 0 heterocycles. The zero-order valence-electron chi connectivity index (χ0n) is 12.1. The Kier molecular flexibility index (Phi) is 6.33. The molecule has 114 valence electrons. The van der Waals surface area contributed by atoms with Gasteiger partial charge in [-0.2, -0.15) is 0 Å². The molecule has 0 aromatic heterocycles. The van der Waals surface area contributed by atoms with Crippen LogP contribution in [0.25, 0.3) is 0 Å². The zero-order chi connectivity index (χ0) is 16.0. The van der Waals surface area contributed by atoms with E-state index in [-0.39, 0.29) is 23.2 Å². The smallest absolute Gasteiger partial charge is 0.289 e. The van der Waals surface area contributed by atoms with E-state index < -0.39 is 4.92 Å². The minimum atomic E-state index is -0.586. The van der Waals surface area contributed by atoms with Gasteiger partial charge in [0.1, 0.15) is 5.02 Å². The fourth-order valence-corrected chi connectivity index (χ4v) is 1.98. The lowest BCUT2D eigenvalue weighted by atomic mass is 10.2. The highest BCUT2D eigenvalue weighted by Crippen LogP contribution is 2.27. The minimum Gasteiger partial charge on any atom is -0.325 e. The van der Waals surface area contributed by atoms with Crippen molar-refractivity contribution in [1.29, 1.82) is 0 Å². The molecule has 1 rings (SSSR count). The largest absolute Gasteiger partial charge is 0.325 e. The van der Waals surface area contributed by atoms with Crippen LogP contribution >= 0.6 is 11.6 Å². The van der Waals surface area contributed by atoms with Crippen LogP contribution in [0.3, 0.4) is 0 Å². The Morgan fingerprint density at radius 2 is 2.14 bits per heavy atom. The number of nitro benzene ring substituents is 1. The number of hydrogen-bond donors (Lipinski definition) is 1. The number of nitrogens with one attached hydrogen (secondary N) is 1. The van der Waals surface area contributed by atoms with Crippen molar-refractivity contribution in [2.24, 2.45) is 0 Å². The lowest BCUT2D eigenvalue weighted by molar-refractivity contribution is -0.384. The predicted molar refractivity (Wildman–Crippen MR) is 83.7 cm³/mol. The van der Waals surface area contributed by atoms with Gasteiger partial charge in [0, 0.05) is 18.3 Å². The topological polar surface area (TPSA) is 75.5 Å². The Hall–Kier alpha value is -1.92. The summed E-state index contributed by atoms with van der Waals surface area (Å²) in [4.78, 5) is 24.1. The first-order valence-corrected chi connectivity index (χ1v) is 6.81. The molecular formula is C14H18ClN3O3. The average Bonchev–Trinajstić information content (AvgIpc) is 2.39. The molecule has 0 bridgehead atoms. The van der Waals surface area contributed by atoms with E-state index in [4.69, 9.17) is 11.6 Å². The van der Waals surface area contributed by atoms with Gasteiger partial charge in [-0.05, 0) is 25.6 Å². The third-order valence-corrected chi connectivity index (χ3v) is 3.05. The van der Waals surface area contributed by atoms with Crippen LogP contribution in [-0.2, 0) is 4.79 Å². The van der Waals surface area contributed by atoms with Gasteiger partial charge in [0.25, 0.3) is 5.69 Å². The summed E-state index contributed by atoms with van der Waals surface area (Å²) in [6.45, 7) is 9.18. The number of likely N-dealkylation sites (N-methyl/N-ethyl adjacent to an activating group) is 1. The van der Waals surface area contributed by atoms with Crippen molar-refractivity contribution in [3.05, 3.63) is 45.5 Å².